The van der Waals surface area contributed by atoms with Crippen LogP contribution in [0, 0.1) is 21.4 Å². The zero-order valence-electron chi connectivity index (χ0n) is 14.8. The van der Waals surface area contributed by atoms with Crippen LogP contribution in [0.4, 0.5) is 17.1 Å². The van der Waals surface area contributed by atoms with Crippen molar-refractivity contribution in [2.24, 2.45) is 0 Å². The molecule has 2 aromatic carbocycles. The maximum absolute atomic E-state index is 12.2. The van der Waals surface area contributed by atoms with Gasteiger partial charge in [0.05, 0.1) is 17.1 Å². The number of hydrogen-bond acceptors (Lipinski definition) is 7. The maximum Gasteiger partial charge on any atom is 0.338 e. The van der Waals surface area contributed by atoms with E-state index in [-0.39, 0.29) is 23.6 Å². The predicted molar refractivity (Wildman–Crippen MR) is 101 cm³/mol. The Morgan fingerprint density at radius 2 is 1.89 bits per heavy atom. The van der Waals surface area contributed by atoms with E-state index in [4.69, 9.17) is 4.74 Å². The number of carbonyl (C=O) groups excluding carboxylic acids is 2. The van der Waals surface area contributed by atoms with Gasteiger partial charge in [-0.25, -0.2) is 4.79 Å². The highest BCUT2D eigenvalue weighted by molar-refractivity contribution is 6.07. The predicted octanol–water partition coefficient (Wildman–Crippen LogP) is 3.23. The van der Waals surface area contributed by atoms with Crippen LogP contribution in [0.5, 0.6) is 0 Å². The van der Waals surface area contributed by atoms with Crippen LogP contribution in [0.25, 0.3) is 0 Å². The first-order valence-electron chi connectivity index (χ1n) is 8.15. The Morgan fingerprint density at radius 1 is 1.21 bits per heavy atom. The first-order chi connectivity index (χ1) is 13.5. The molecule has 2 rings (SSSR count). The fourth-order valence-electron chi connectivity index (χ4n) is 2.15. The number of nitriles is 1. The van der Waals surface area contributed by atoms with E-state index in [0.717, 1.165) is 0 Å². The van der Waals surface area contributed by atoms with Crippen LogP contribution in [0.3, 0.4) is 0 Å². The van der Waals surface area contributed by atoms with Crippen molar-refractivity contribution in [2.75, 3.05) is 17.2 Å². The van der Waals surface area contributed by atoms with E-state index in [1.54, 1.807) is 25.1 Å². The number of para-hydroxylation sites is 2. The number of amides is 1. The molecule has 2 aromatic rings. The van der Waals surface area contributed by atoms with Gasteiger partial charge < -0.3 is 15.4 Å². The number of ether oxygens (including phenoxy) is 1. The molecule has 142 valence electrons. The van der Waals surface area contributed by atoms with E-state index >= 15 is 0 Å². The second-order valence-corrected chi connectivity index (χ2v) is 5.34. The molecule has 0 aliphatic carbocycles. The molecule has 0 unspecified atom stereocenters. The number of benzene rings is 2. The molecule has 0 saturated heterocycles. The Balaban J connectivity index is 2.10. The summed E-state index contributed by atoms with van der Waals surface area (Å²) in [7, 11) is 0. The van der Waals surface area contributed by atoms with E-state index in [1.165, 1.54) is 42.6 Å². The van der Waals surface area contributed by atoms with Crippen molar-refractivity contribution in [2.45, 2.75) is 6.92 Å². The summed E-state index contributed by atoms with van der Waals surface area (Å²) in [5, 5.41) is 25.3. The highest BCUT2D eigenvalue weighted by Gasteiger charge is 2.17. The van der Waals surface area contributed by atoms with Gasteiger partial charge in [0.25, 0.3) is 11.6 Å². The third kappa shape index (κ3) is 5.15. The molecule has 0 heterocycles. The molecule has 0 atom stereocenters. The lowest BCUT2D eigenvalue weighted by Crippen LogP contribution is -2.15. The van der Waals surface area contributed by atoms with E-state index < -0.39 is 16.8 Å². The average Bonchev–Trinajstić information content (AvgIpc) is 2.69. The third-order valence-corrected chi connectivity index (χ3v) is 3.49. The molecule has 1 amide bonds. The summed E-state index contributed by atoms with van der Waals surface area (Å²) in [6, 6.07) is 13.6. The van der Waals surface area contributed by atoms with Gasteiger partial charge in [-0.15, -0.1) is 0 Å². The SMILES string of the molecule is CCOC(=O)c1ccc(N/C=C(/C#N)C(=O)Nc2ccccc2[N+](=O)[O-])cc1. The summed E-state index contributed by atoms with van der Waals surface area (Å²) < 4.78 is 4.88. The standard InChI is InChI=1S/C19H16N4O5/c1-2-28-19(25)13-7-9-15(10-8-13)21-12-14(11-20)18(24)22-16-5-3-4-6-17(16)23(26)27/h3-10,12,21H,2H2,1H3,(H,22,24)/b14-12-. The number of nitrogens with one attached hydrogen (secondary N) is 2. The second-order valence-electron chi connectivity index (χ2n) is 5.34. The Bertz CT molecular complexity index is 961. The lowest BCUT2D eigenvalue weighted by molar-refractivity contribution is -0.383. The number of anilines is 2. The molecule has 0 bridgehead atoms. The average molecular weight is 380 g/mol. The number of esters is 1. The lowest BCUT2D eigenvalue weighted by atomic mass is 10.2. The molecule has 28 heavy (non-hydrogen) atoms. The molecule has 0 aliphatic heterocycles. The molecule has 0 spiro atoms. The van der Waals surface area contributed by atoms with Crippen molar-refractivity contribution >= 4 is 28.9 Å². The van der Waals surface area contributed by atoms with Crippen LogP contribution in [-0.4, -0.2) is 23.4 Å². The third-order valence-electron chi connectivity index (χ3n) is 3.49. The Kier molecular flexibility index (Phi) is 6.82. The van der Waals surface area contributed by atoms with Gasteiger partial charge >= 0.3 is 5.97 Å². The van der Waals surface area contributed by atoms with Gasteiger partial charge in [0.1, 0.15) is 17.3 Å². The van der Waals surface area contributed by atoms with E-state index in [2.05, 4.69) is 10.6 Å². The summed E-state index contributed by atoms with van der Waals surface area (Å²) in [6.45, 7) is 1.97. The summed E-state index contributed by atoms with van der Waals surface area (Å²) in [6.07, 6.45) is 1.17. The van der Waals surface area contributed by atoms with Crippen molar-refractivity contribution in [1.29, 1.82) is 5.26 Å². The summed E-state index contributed by atoms with van der Waals surface area (Å²) >= 11 is 0. The summed E-state index contributed by atoms with van der Waals surface area (Å²) in [5.74, 6) is -1.25. The van der Waals surface area contributed by atoms with Crippen molar-refractivity contribution in [3.63, 3.8) is 0 Å². The molecule has 0 fully saturated rings. The molecule has 0 aliphatic rings. The molecular formula is C19H16N4O5. The van der Waals surface area contributed by atoms with E-state index in [0.29, 0.717) is 11.3 Å². The van der Waals surface area contributed by atoms with Crippen LogP contribution in [0.2, 0.25) is 0 Å². The molecule has 0 saturated carbocycles. The fraction of sp³-hybridized carbons (Fsp3) is 0.105. The van der Waals surface area contributed by atoms with Crippen molar-refractivity contribution in [1.82, 2.24) is 0 Å². The minimum absolute atomic E-state index is 0.0163. The molecule has 9 heteroatoms. The second kappa shape index (κ2) is 9.49. The van der Waals surface area contributed by atoms with Crippen LogP contribution in [-0.2, 0) is 9.53 Å². The molecule has 2 N–H and O–H groups in total. The highest BCUT2D eigenvalue weighted by atomic mass is 16.6. The molecule has 0 radical (unpaired) electrons. The van der Waals surface area contributed by atoms with Gasteiger partial charge in [-0.2, -0.15) is 5.26 Å². The molecule has 9 nitrogen and oxygen atoms in total. The zero-order chi connectivity index (χ0) is 20.5. The van der Waals surface area contributed by atoms with Crippen molar-refractivity contribution in [3.8, 4) is 6.07 Å². The van der Waals surface area contributed by atoms with Crippen LogP contribution < -0.4 is 10.6 Å². The van der Waals surface area contributed by atoms with Crippen LogP contribution >= 0.6 is 0 Å². The minimum atomic E-state index is -0.799. The Morgan fingerprint density at radius 3 is 2.50 bits per heavy atom. The molecular weight excluding hydrogens is 364 g/mol. The Hall–Kier alpha value is -4.19. The topological polar surface area (TPSA) is 134 Å². The highest BCUT2D eigenvalue weighted by Crippen LogP contribution is 2.23. The minimum Gasteiger partial charge on any atom is -0.462 e. The fourth-order valence-corrected chi connectivity index (χ4v) is 2.15. The maximum atomic E-state index is 12.2. The Labute approximate surface area is 160 Å². The first kappa shape index (κ1) is 20.1. The number of nitro benzene ring substituents is 1. The van der Waals surface area contributed by atoms with Crippen LogP contribution in [0.1, 0.15) is 17.3 Å². The van der Waals surface area contributed by atoms with Gasteiger partial charge in [-0.3, -0.25) is 14.9 Å². The largest absolute Gasteiger partial charge is 0.462 e. The normalized spacial score (nSPS) is 10.5. The smallest absolute Gasteiger partial charge is 0.338 e. The number of rotatable bonds is 7. The number of hydrogen-bond donors (Lipinski definition) is 2. The first-order valence-corrected chi connectivity index (χ1v) is 8.15. The van der Waals surface area contributed by atoms with Gasteiger partial charge in [-0.05, 0) is 37.3 Å². The lowest BCUT2D eigenvalue weighted by Gasteiger charge is -2.06. The van der Waals surface area contributed by atoms with Crippen molar-refractivity contribution in [3.05, 3.63) is 76.0 Å². The number of nitrogens with zero attached hydrogens (tertiary/aromatic N) is 2. The van der Waals surface area contributed by atoms with E-state index in [9.17, 15) is 25.0 Å². The number of carbonyl (C=O) groups is 2. The zero-order valence-corrected chi connectivity index (χ0v) is 14.8. The van der Waals surface area contributed by atoms with Gasteiger partial charge in [0.2, 0.25) is 0 Å². The van der Waals surface area contributed by atoms with Gasteiger partial charge in [0.15, 0.2) is 0 Å². The molecule has 0 aromatic heterocycles. The summed E-state index contributed by atoms with van der Waals surface area (Å²) in [4.78, 5) is 34.2. The quantitative estimate of drug-likeness (QED) is 0.247. The van der Waals surface area contributed by atoms with Gasteiger partial charge in [-0.1, -0.05) is 12.1 Å². The van der Waals surface area contributed by atoms with Crippen molar-refractivity contribution < 1.29 is 19.2 Å². The van der Waals surface area contributed by atoms with E-state index in [1.807, 2.05) is 0 Å². The summed E-state index contributed by atoms with van der Waals surface area (Å²) in [5.41, 5.74) is 0.311. The monoisotopic (exact) mass is 380 g/mol. The van der Waals surface area contributed by atoms with Gasteiger partial charge in [0, 0.05) is 18.0 Å². The van der Waals surface area contributed by atoms with Crippen LogP contribution in [0.15, 0.2) is 60.3 Å². The number of nitro groups is 1.